The molecule has 1 saturated carbocycles. The number of fused-ring (bicyclic) bond motifs is 2. The average molecular weight is 334 g/mol. The first kappa shape index (κ1) is 18.1. The van der Waals surface area contributed by atoms with Gasteiger partial charge >= 0.3 is 12.1 Å². The highest BCUT2D eigenvalue weighted by Crippen LogP contribution is 2.54. The van der Waals surface area contributed by atoms with Crippen LogP contribution in [0.25, 0.3) is 0 Å². The van der Waals surface area contributed by atoms with E-state index in [9.17, 15) is 22.8 Å². The number of alkyl halides is 3. The molecule has 2 bridgehead atoms. The molecule has 2 saturated heterocycles. The Hall–Kier alpha value is -1.27. The zero-order chi connectivity index (χ0) is 17.8. The Balaban J connectivity index is 2.11. The highest BCUT2D eigenvalue weighted by molar-refractivity contribution is 5.90. The van der Waals surface area contributed by atoms with Gasteiger partial charge in [0.25, 0.3) is 0 Å². The summed E-state index contributed by atoms with van der Waals surface area (Å²) in [6.07, 6.45) is -3.93. The molecule has 3 rings (SSSR count). The van der Waals surface area contributed by atoms with Gasteiger partial charge in [-0.3, -0.25) is 9.59 Å². The summed E-state index contributed by atoms with van der Waals surface area (Å²) >= 11 is 0. The summed E-state index contributed by atoms with van der Waals surface area (Å²) in [4.78, 5) is 25.6. The van der Waals surface area contributed by atoms with Crippen molar-refractivity contribution in [3.05, 3.63) is 0 Å². The number of halogens is 3. The van der Waals surface area contributed by atoms with Crippen molar-refractivity contribution in [2.45, 2.75) is 53.3 Å². The molecule has 1 aliphatic carbocycles. The van der Waals surface area contributed by atoms with Crippen LogP contribution in [-0.2, 0) is 9.59 Å². The Morgan fingerprint density at radius 2 is 1.61 bits per heavy atom. The van der Waals surface area contributed by atoms with Crippen molar-refractivity contribution in [3.8, 4) is 0 Å². The Morgan fingerprint density at radius 1 is 1.13 bits per heavy atom. The van der Waals surface area contributed by atoms with Crippen LogP contribution in [0.1, 0.15) is 41.0 Å². The Labute approximate surface area is 134 Å². The van der Waals surface area contributed by atoms with Crippen molar-refractivity contribution < 1.29 is 22.8 Å². The molecule has 7 heteroatoms. The van der Waals surface area contributed by atoms with Crippen molar-refractivity contribution in [3.63, 3.8) is 0 Å². The molecule has 0 aromatic carbocycles. The van der Waals surface area contributed by atoms with E-state index in [4.69, 9.17) is 0 Å². The van der Waals surface area contributed by atoms with Gasteiger partial charge in [0.15, 0.2) is 0 Å². The summed E-state index contributed by atoms with van der Waals surface area (Å²) in [6, 6.07) is -1.18. The van der Waals surface area contributed by atoms with Crippen LogP contribution in [0.3, 0.4) is 0 Å². The lowest BCUT2D eigenvalue weighted by atomic mass is 9.52. The van der Waals surface area contributed by atoms with Gasteiger partial charge in [0.05, 0.1) is 0 Å². The summed E-state index contributed by atoms with van der Waals surface area (Å²) in [5.74, 6) is -1.72. The van der Waals surface area contributed by atoms with Gasteiger partial charge in [-0.25, -0.2) is 0 Å². The fourth-order valence-electron chi connectivity index (χ4n) is 3.57. The summed E-state index contributed by atoms with van der Waals surface area (Å²) in [5, 5.41) is 1.89. The Kier molecular flexibility index (Phi) is 4.23. The second-order valence-electron chi connectivity index (χ2n) is 8.46. The smallest absolute Gasteiger partial charge is 0.340 e. The number of carbonyl (C=O) groups is 2. The van der Waals surface area contributed by atoms with Gasteiger partial charge in [0, 0.05) is 13.1 Å². The predicted molar refractivity (Wildman–Crippen MR) is 79.4 cm³/mol. The number of hydrogen-bond acceptors (Lipinski definition) is 2. The number of piperidine rings is 2. The largest absolute Gasteiger partial charge is 0.471 e. The van der Waals surface area contributed by atoms with Gasteiger partial charge in [-0.05, 0) is 29.1 Å². The van der Waals surface area contributed by atoms with Crippen LogP contribution in [0.15, 0.2) is 0 Å². The van der Waals surface area contributed by atoms with E-state index in [1.807, 2.05) is 5.32 Å². The third-order valence-electron chi connectivity index (χ3n) is 5.51. The van der Waals surface area contributed by atoms with E-state index in [2.05, 4.69) is 13.8 Å². The first-order chi connectivity index (χ1) is 10.2. The van der Waals surface area contributed by atoms with Crippen LogP contribution in [0.5, 0.6) is 0 Å². The molecule has 0 aromatic heterocycles. The van der Waals surface area contributed by atoms with Gasteiger partial charge in [-0.15, -0.1) is 0 Å². The molecule has 2 heterocycles. The first-order valence-corrected chi connectivity index (χ1v) is 7.91. The molecule has 1 N–H and O–H groups in total. The number of hydrogen-bond donors (Lipinski definition) is 1. The maximum absolute atomic E-state index is 12.7. The fourth-order valence-corrected chi connectivity index (χ4v) is 3.57. The van der Waals surface area contributed by atoms with Gasteiger partial charge in [0.2, 0.25) is 5.91 Å². The number of nitrogens with zero attached hydrogens (tertiary/aromatic N) is 1. The van der Waals surface area contributed by atoms with E-state index in [1.165, 1.54) is 0 Å². The predicted octanol–water partition coefficient (Wildman–Crippen LogP) is 2.58. The maximum Gasteiger partial charge on any atom is 0.471 e. The van der Waals surface area contributed by atoms with Gasteiger partial charge in [-0.2, -0.15) is 13.2 Å². The van der Waals surface area contributed by atoms with Gasteiger partial charge in [0.1, 0.15) is 6.04 Å². The van der Waals surface area contributed by atoms with E-state index < -0.39 is 29.4 Å². The second kappa shape index (κ2) is 5.38. The lowest BCUT2D eigenvalue weighted by Gasteiger charge is -2.60. The van der Waals surface area contributed by atoms with Crippen LogP contribution in [0.4, 0.5) is 13.2 Å². The van der Waals surface area contributed by atoms with Crippen molar-refractivity contribution in [2.75, 3.05) is 13.1 Å². The van der Waals surface area contributed by atoms with E-state index in [0.29, 0.717) is 24.9 Å². The summed E-state index contributed by atoms with van der Waals surface area (Å²) < 4.78 is 37.6. The van der Waals surface area contributed by atoms with Crippen LogP contribution in [-0.4, -0.2) is 42.0 Å². The molecule has 3 fully saturated rings. The maximum atomic E-state index is 12.7. The highest BCUT2D eigenvalue weighted by atomic mass is 19.4. The SMILES string of the molecule is CC(C)(C)[C@H](NC(=O)C(F)(F)F)C(=O)N1C[C@H]2C[C@@H](C1)C2(C)C. The molecule has 3 atom stereocenters. The van der Waals surface area contributed by atoms with Crippen molar-refractivity contribution >= 4 is 11.8 Å². The van der Waals surface area contributed by atoms with Gasteiger partial charge < -0.3 is 10.2 Å². The zero-order valence-corrected chi connectivity index (χ0v) is 14.3. The molecule has 0 spiro atoms. The molecule has 23 heavy (non-hydrogen) atoms. The molecule has 132 valence electrons. The number of carbonyl (C=O) groups excluding carboxylic acids is 2. The van der Waals surface area contributed by atoms with E-state index in [0.717, 1.165) is 6.42 Å². The topological polar surface area (TPSA) is 49.4 Å². The van der Waals surface area contributed by atoms with Gasteiger partial charge in [-0.1, -0.05) is 34.6 Å². The van der Waals surface area contributed by atoms with E-state index >= 15 is 0 Å². The van der Waals surface area contributed by atoms with Crippen LogP contribution in [0, 0.1) is 22.7 Å². The Bertz CT molecular complexity index is 494. The number of amides is 2. The molecule has 4 nitrogen and oxygen atoms in total. The van der Waals surface area contributed by atoms with Crippen molar-refractivity contribution in [1.29, 1.82) is 0 Å². The molecule has 2 aliphatic heterocycles. The normalized spacial score (nSPS) is 27.9. The lowest BCUT2D eigenvalue weighted by molar-refractivity contribution is -0.177. The van der Waals surface area contributed by atoms with Crippen LogP contribution in [0.2, 0.25) is 0 Å². The quantitative estimate of drug-likeness (QED) is 0.844. The lowest BCUT2D eigenvalue weighted by Crippen LogP contribution is -2.65. The molecular weight excluding hydrogens is 309 g/mol. The van der Waals surface area contributed by atoms with Crippen molar-refractivity contribution in [2.24, 2.45) is 22.7 Å². The summed E-state index contributed by atoms with van der Waals surface area (Å²) in [7, 11) is 0. The third kappa shape index (κ3) is 3.33. The zero-order valence-electron chi connectivity index (χ0n) is 14.3. The monoisotopic (exact) mass is 334 g/mol. The average Bonchev–Trinajstić information content (AvgIpc) is 2.41. The van der Waals surface area contributed by atoms with Crippen molar-refractivity contribution in [1.82, 2.24) is 10.2 Å². The molecule has 0 aromatic rings. The second-order valence-corrected chi connectivity index (χ2v) is 8.46. The Morgan fingerprint density at radius 3 is 1.96 bits per heavy atom. The minimum absolute atomic E-state index is 0.184. The number of rotatable bonds is 2. The van der Waals surface area contributed by atoms with E-state index in [1.54, 1.807) is 25.7 Å². The third-order valence-corrected chi connectivity index (χ3v) is 5.51. The van der Waals surface area contributed by atoms with E-state index in [-0.39, 0.29) is 5.41 Å². The minimum atomic E-state index is -4.99. The molecule has 2 amide bonds. The minimum Gasteiger partial charge on any atom is -0.340 e. The molecule has 3 aliphatic rings. The van der Waals surface area contributed by atoms with Crippen LogP contribution < -0.4 is 5.32 Å². The fraction of sp³-hybridized carbons (Fsp3) is 0.875. The number of nitrogens with one attached hydrogen (secondary N) is 1. The van der Waals surface area contributed by atoms with Crippen LogP contribution >= 0.6 is 0 Å². The summed E-state index contributed by atoms with van der Waals surface area (Å²) in [6.45, 7) is 10.4. The highest BCUT2D eigenvalue weighted by Gasteiger charge is 2.54. The molecule has 0 unspecified atom stereocenters. The molecule has 0 radical (unpaired) electrons. The summed E-state index contributed by atoms with van der Waals surface area (Å²) in [5.41, 5.74) is -0.613. The molecular formula is C16H25F3N2O2. The standard InChI is InChI=1S/C16H25F3N2O2/c1-14(2,3)11(20-13(23)16(17,18)19)12(22)21-7-9-6-10(8-21)15(9,4)5/h9-11H,6-8H2,1-5H3,(H,20,23)/t9-,10+,11-/m1/s1. The first-order valence-electron chi connectivity index (χ1n) is 7.91.